The quantitative estimate of drug-likeness (QED) is 0.441. The van der Waals surface area contributed by atoms with E-state index in [-0.39, 0.29) is 5.57 Å². The molecule has 21 heavy (non-hydrogen) atoms. The highest BCUT2D eigenvalue weighted by molar-refractivity contribution is 5.21. The lowest BCUT2D eigenvalue weighted by molar-refractivity contribution is -0.0628. The highest BCUT2D eigenvalue weighted by Crippen LogP contribution is 2.27. The van der Waals surface area contributed by atoms with E-state index in [0.29, 0.717) is 0 Å². The van der Waals surface area contributed by atoms with Crippen LogP contribution in [0, 0.1) is 5.92 Å². The van der Waals surface area contributed by atoms with Crippen LogP contribution < -0.4 is 5.32 Å². The van der Waals surface area contributed by atoms with E-state index in [1.54, 1.807) is 0 Å². The minimum atomic E-state index is -1.32. The fraction of sp³-hybridized carbons (Fsp3) is 0.875. The van der Waals surface area contributed by atoms with Gasteiger partial charge in [-0.1, -0.05) is 38.2 Å². The number of halogens is 1. The predicted molar refractivity (Wildman–Crippen MR) is 79.7 cm³/mol. The molecule has 2 aliphatic rings. The summed E-state index contributed by atoms with van der Waals surface area (Å²) >= 11 is 0. The van der Waals surface area contributed by atoms with Crippen LogP contribution in [-0.2, 0) is 0 Å². The second-order valence-corrected chi connectivity index (χ2v) is 6.43. The fourth-order valence-corrected chi connectivity index (χ4v) is 3.48. The van der Waals surface area contributed by atoms with E-state index in [4.69, 9.17) is 0 Å². The highest BCUT2D eigenvalue weighted by atomic mass is 19.1. The Morgan fingerprint density at radius 1 is 1.10 bits per heavy atom. The van der Waals surface area contributed by atoms with Crippen molar-refractivity contribution in [3.8, 4) is 0 Å². The van der Waals surface area contributed by atoms with Gasteiger partial charge in [0.1, 0.15) is 25.0 Å². The number of aliphatic hydroxyl groups excluding tert-OH is 3. The highest BCUT2D eigenvalue weighted by Gasteiger charge is 2.36. The molecule has 0 aromatic rings. The van der Waals surface area contributed by atoms with E-state index in [1.807, 2.05) is 0 Å². The maximum absolute atomic E-state index is 12.8. The van der Waals surface area contributed by atoms with Crippen LogP contribution in [0.5, 0.6) is 0 Å². The number of nitrogens with one attached hydrogen (secondary N) is 1. The van der Waals surface area contributed by atoms with Gasteiger partial charge in [0.15, 0.2) is 0 Å². The van der Waals surface area contributed by atoms with Crippen LogP contribution in [0.3, 0.4) is 0 Å². The molecule has 4 N–H and O–H groups in total. The van der Waals surface area contributed by atoms with Crippen molar-refractivity contribution in [3.63, 3.8) is 0 Å². The van der Waals surface area contributed by atoms with E-state index in [9.17, 15) is 19.7 Å². The van der Waals surface area contributed by atoms with Crippen LogP contribution in [0.2, 0.25) is 0 Å². The van der Waals surface area contributed by atoms with Crippen molar-refractivity contribution in [2.75, 3.05) is 13.2 Å². The van der Waals surface area contributed by atoms with E-state index in [0.717, 1.165) is 18.9 Å². The van der Waals surface area contributed by atoms with E-state index in [2.05, 4.69) is 5.32 Å². The molecule has 0 radical (unpaired) electrons. The Morgan fingerprint density at radius 2 is 1.81 bits per heavy atom. The molecule has 2 aliphatic carbocycles. The first-order valence-corrected chi connectivity index (χ1v) is 8.17. The Bertz CT molecular complexity index is 344. The van der Waals surface area contributed by atoms with Gasteiger partial charge in [0.25, 0.3) is 0 Å². The average Bonchev–Trinajstić information content (AvgIpc) is 2.52. The normalized spacial score (nSPS) is 34.8. The second kappa shape index (κ2) is 8.22. The van der Waals surface area contributed by atoms with E-state index in [1.165, 1.54) is 44.6 Å². The van der Waals surface area contributed by atoms with Crippen molar-refractivity contribution in [2.24, 2.45) is 5.92 Å². The zero-order valence-electron chi connectivity index (χ0n) is 12.5. The summed E-state index contributed by atoms with van der Waals surface area (Å²) in [5.41, 5.74) is 0.151. The number of rotatable bonds is 6. The van der Waals surface area contributed by atoms with Crippen LogP contribution in [0.4, 0.5) is 4.39 Å². The van der Waals surface area contributed by atoms with Crippen molar-refractivity contribution in [3.05, 3.63) is 11.6 Å². The first-order chi connectivity index (χ1) is 10.1. The van der Waals surface area contributed by atoms with Gasteiger partial charge < -0.3 is 20.6 Å². The van der Waals surface area contributed by atoms with E-state index < -0.39 is 31.0 Å². The number of alkyl halides is 1. The lowest BCUT2D eigenvalue weighted by Gasteiger charge is -2.34. The number of hydrogen-bond acceptors (Lipinski definition) is 4. The van der Waals surface area contributed by atoms with Gasteiger partial charge in [-0.05, 0) is 30.9 Å². The van der Waals surface area contributed by atoms with E-state index >= 15 is 0 Å². The Kier molecular flexibility index (Phi) is 6.61. The average molecular weight is 301 g/mol. The third kappa shape index (κ3) is 4.49. The molecule has 0 amide bonds. The molecule has 5 heteroatoms. The Morgan fingerprint density at radius 3 is 2.48 bits per heavy atom. The number of aliphatic hydroxyl groups is 3. The summed E-state index contributed by atoms with van der Waals surface area (Å²) in [5.74, 6) is 0.821. The maximum atomic E-state index is 12.8. The minimum absolute atomic E-state index is 0.151. The van der Waals surface area contributed by atoms with Crippen LogP contribution in [-0.4, -0.2) is 52.9 Å². The number of hydrogen-bond donors (Lipinski definition) is 4. The fourth-order valence-electron chi connectivity index (χ4n) is 3.48. The molecule has 0 aromatic heterocycles. The summed E-state index contributed by atoms with van der Waals surface area (Å²) in [6, 6.07) is -0.486. The summed E-state index contributed by atoms with van der Waals surface area (Å²) in [7, 11) is 0. The largest absolute Gasteiger partial charge is 0.388 e. The summed E-state index contributed by atoms with van der Waals surface area (Å²) in [4.78, 5) is 0. The lowest BCUT2D eigenvalue weighted by atomic mass is 9.86. The molecular weight excluding hydrogens is 273 g/mol. The predicted octanol–water partition coefficient (Wildman–Crippen LogP) is 1.30. The van der Waals surface area contributed by atoms with Gasteiger partial charge in [0.05, 0.1) is 6.04 Å². The monoisotopic (exact) mass is 301 g/mol. The van der Waals surface area contributed by atoms with Crippen LogP contribution in [0.25, 0.3) is 0 Å². The topological polar surface area (TPSA) is 72.7 Å². The van der Waals surface area contributed by atoms with Crippen LogP contribution in [0.15, 0.2) is 11.6 Å². The molecule has 0 unspecified atom stereocenters. The standard InChI is InChI=1S/C16H28FNO3/c17-10-12-9-13(15(20)16(21)14(12)19)18-8-4-7-11-5-2-1-3-6-11/h9,11,13-16,18-21H,1-8,10H2/t13-,14+,15+,16+/m1/s1. The van der Waals surface area contributed by atoms with Gasteiger partial charge >= 0.3 is 0 Å². The van der Waals surface area contributed by atoms with Gasteiger partial charge in [-0.2, -0.15) is 0 Å². The van der Waals surface area contributed by atoms with Crippen LogP contribution >= 0.6 is 0 Å². The molecular formula is C16H28FNO3. The van der Waals surface area contributed by atoms with Crippen molar-refractivity contribution in [2.45, 2.75) is 69.3 Å². The zero-order valence-corrected chi connectivity index (χ0v) is 12.5. The summed E-state index contributed by atoms with van der Waals surface area (Å²) in [5, 5.41) is 32.4. The van der Waals surface area contributed by atoms with Gasteiger partial charge in [0, 0.05) is 0 Å². The molecule has 0 heterocycles. The minimum Gasteiger partial charge on any atom is -0.388 e. The molecule has 4 atom stereocenters. The molecule has 0 bridgehead atoms. The third-order valence-electron chi connectivity index (χ3n) is 4.86. The van der Waals surface area contributed by atoms with Crippen LogP contribution in [0.1, 0.15) is 44.9 Å². The van der Waals surface area contributed by atoms with Crippen molar-refractivity contribution in [1.82, 2.24) is 5.32 Å². The smallest absolute Gasteiger partial charge is 0.113 e. The Hall–Kier alpha value is -0.490. The molecule has 0 saturated heterocycles. The summed E-state index contributed by atoms with van der Waals surface area (Å²) in [6.07, 6.45) is 6.69. The molecule has 122 valence electrons. The molecule has 0 spiro atoms. The van der Waals surface area contributed by atoms with Gasteiger partial charge in [0.2, 0.25) is 0 Å². The Labute approximate surface area is 126 Å². The van der Waals surface area contributed by atoms with Crippen molar-refractivity contribution < 1.29 is 19.7 Å². The SMILES string of the molecule is O[C@@H]1[C@@H](O)[C@@H](O)C(CF)=C[C@H]1NCCCC1CCCCC1. The molecule has 1 fully saturated rings. The van der Waals surface area contributed by atoms with Gasteiger partial charge in [-0.15, -0.1) is 0 Å². The molecule has 1 saturated carbocycles. The molecule has 0 aromatic carbocycles. The van der Waals surface area contributed by atoms with Crippen molar-refractivity contribution >= 4 is 0 Å². The first kappa shape index (κ1) is 16.9. The molecule has 4 nitrogen and oxygen atoms in total. The third-order valence-corrected chi connectivity index (χ3v) is 4.86. The summed E-state index contributed by atoms with van der Waals surface area (Å²) in [6.45, 7) is -0.0672. The second-order valence-electron chi connectivity index (χ2n) is 6.43. The molecule has 2 rings (SSSR count). The lowest BCUT2D eigenvalue weighted by Crippen LogP contribution is -2.54. The van der Waals surface area contributed by atoms with Gasteiger partial charge in [-0.25, -0.2) is 4.39 Å². The summed E-state index contributed by atoms with van der Waals surface area (Å²) < 4.78 is 12.8. The Balaban J connectivity index is 1.75. The molecule has 0 aliphatic heterocycles. The maximum Gasteiger partial charge on any atom is 0.113 e. The van der Waals surface area contributed by atoms with Crippen molar-refractivity contribution in [1.29, 1.82) is 0 Å². The first-order valence-electron chi connectivity index (χ1n) is 8.17. The zero-order chi connectivity index (χ0) is 15.2. The van der Waals surface area contributed by atoms with Gasteiger partial charge in [-0.3, -0.25) is 0 Å².